The van der Waals surface area contributed by atoms with Crippen molar-refractivity contribution >= 4 is 29.3 Å². The Hall–Kier alpha value is -3.56. The van der Waals surface area contributed by atoms with Crippen LogP contribution < -0.4 is 5.32 Å². The number of hydrogen-bond acceptors (Lipinski definition) is 4. The van der Waals surface area contributed by atoms with E-state index in [0.29, 0.717) is 35.5 Å². The van der Waals surface area contributed by atoms with Crippen molar-refractivity contribution in [3.05, 3.63) is 89.5 Å². The normalized spacial score (nSPS) is 10.2. The first-order valence-corrected chi connectivity index (χ1v) is 10.9. The van der Waals surface area contributed by atoms with E-state index in [4.69, 9.17) is 0 Å². The molecule has 6 heteroatoms. The van der Waals surface area contributed by atoms with Gasteiger partial charge in [-0.15, -0.1) is 0 Å². The molecular formula is C25H23N3O2S. The topological polar surface area (TPSA) is 73.2 Å². The lowest BCUT2D eigenvalue weighted by molar-refractivity contribution is 0.0772. The van der Waals surface area contributed by atoms with Crippen molar-refractivity contribution in [2.24, 2.45) is 0 Å². The van der Waals surface area contributed by atoms with Gasteiger partial charge < -0.3 is 10.2 Å². The Morgan fingerprint density at radius 3 is 2.32 bits per heavy atom. The van der Waals surface area contributed by atoms with E-state index in [2.05, 4.69) is 11.4 Å². The third-order valence-corrected chi connectivity index (χ3v) is 5.93. The van der Waals surface area contributed by atoms with Crippen LogP contribution in [0.4, 0.5) is 5.69 Å². The Labute approximate surface area is 186 Å². The van der Waals surface area contributed by atoms with Gasteiger partial charge in [0.25, 0.3) is 11.8 Å². The van der Waals surface area contributed by atoms with Crippen LogP contribution in [-0.2, 0) is 0 Å². The highest BCUT2D eigenvalue weighted by molar-refractivity contribution is 7.99. The summed E-state index contributed by atoms with van der Waals surface area (Å²) >= 11 is 1.38. The maximum Gasteiger partial charge on any atom is 0.256 e. The Bertz CT molecular complexity index is 1130. The van der Waals surface area contributed by atoms with Gasteiger partial charge in [0.05, 0.1) is 11.1 Å². The van der Waals surface area contributed by atoms with Crippen LogP contribution in [0.15, 0.2) is 82.6 Å². The molecule has 0 saturated carbocycles. The lowest BCUT2D eigenvalue weighted by Gasteiger charge is -2.19. The molecule has 0 unspecified atom stereocenters. The number of anilines is 1. The fourth-order valence-corrected chi connectivity index (χ4v) is 4.16. The molecular weight excluding hydrogens is 406 g/mol. The molecule has 0 aromatic heterocycles. The van der Waals surface area contributed by atoms with Crippen molar-refractivity contribution in [3.63, 3.8) is 0 Å². The van der Waals surface area contributed by atoms with Gasteiger partial charge >= 0.3 is 0 Å². The molecule has 3 rings (SSSR count). The molecule has 0 aliphatic carbocycles. The fourth-order valence-electron chi connectivity index (χ4n) is 3.13. The number of carbonyl (C=O) groups excluding carboxylic acids is 2. The molecule has 31 heavy (non-hydrogen) atoms. The van der Waals surface area contributed by atoms with E-state index >= 15 is 0 Å². The molecule has 0 spiro atoms. The van der Waals surface area contributed by atoms with E-state index in [9.17, 15) is 14.9 Å². The molecule has 5 nitrogen and oxygen atoms in total. The number of nitrogens with zero attached hydrogens (tertiary/aromatic N) is 2. The van der Waals surface area contributed by atoms with E-state index in [-0.39, 0.29) is 11.8 Å². The molecule has 3 aromatic carbocycles. The van der Waals surface area contributed by atoms with Crippen molar-refractivity contribution < 1.29 is 9.59 Å². The van der Waals surface area contributed by atoms with Crippen LogP contribution in [0.2, 0.25) is 0 Å². The van der Waals surface area contributed by atoms with E-state index in [0.717, 1.165) is 9.79 Å². The highest BCUT2D eigenvalue weighted by Crippen LogP contribution is 2.33. The zero-order valence-corrected chi connectivity index (χ0v) is 18.3. The fraction of sp³-hybridized carbons (Fsp3) is 0.160. The average molecular weight is 430 g/mol. The maximum absolute atomic E-state index is 13.0. The van der Waals surface area contributed by atoms with E-state index in [1.807, 2.05) is 44.2 Å². The van der Waals surface area contributed by atoms with Crippen molar-refractivity contribution in [1.29, 1.82) is 5.26 Å². The summed E-state index contributed by atoms with van der Waals surface area (Å²) in [6.45, 7) is 5.12. The Morgan fingerprint density at radius 1 is 0.935 bits per heavy atom. The Balaban J connectivity index is 1.83. The number of rotatable bonds is 7. The zero-order valence-electron chi connectivity index (χ0n) is 17.5. The van der Waals surface area contributed by atoms with Gasteiger partial charge in [-0.2, -0.15) is 5.26 Å². The summed E-state index contributed by atoms with van der Waals surface area (Å²) in [5.74, 6) is -0.338. The average Bonchev–Trinajstić information content (AvgIpc) is 2.80. The summed E-state index contributed by atoms with van der Waals surface area (Å²) in [4.78, 5) is 28.9. The van der Waals surface area contributed by atoms with Gasteiger partial charge in [-0.25, -0.2) is 0 Å². The number of benzene rings is 3. The molecule has 2 amide bonds. The summed E-state index contributed by atoms with van der Waals surface area (Å²) in [5, 5.41) is 12.2. The third-order valence-electron chi connectivity index (χ3n) is 4.78. The minimum atomic E-state index is -0.273. The summed E-state index contributed by atoms with van der Waals surface area (Å²) < 4.78 is 0. The Kier molecular flexibility index (Phi) is 7.47. The van der Waals surface area contributed by atoms with E-state index < -0.39 is 0 Å². The molecule has 0 radical (unpaired) electrons. The molecule has 0 heterocycles. The molecule has 156 valence electrons. The van der Waals surface area contributed by atoms with Crippen molar-refractivity contribution in [2.75, 3.05) is 18.4 Å². The molecule has 1 N–H and O–H groups in total. The molecule has 0 atom stereocenters. The first-order valence-electron chi connectivity index (χ1n) is 10.0. The van der Waals surface area contributed by atoms with Gasteiger partial charge in [0.15, 0.2) is 0 Å². The predicted molar refractivity (Wildman–Crippen MR) is 123 cm³/mol. The summed E-state index contributed by atoms with van der Waals surface area (Å²) in [6, 6.07) is 23.7. The van der Waals surface area contributed by atoms with Crippen LogP contribution in [0.1, 0.15) is 40.1 Å². The maximum atomic E-state index is 13.0. The lowest BCUT2D eigenvalue weighted by atomic mass is 10.1. The first-order chi connectivity index (χ1) is 15.1. The lowest BCUT2D eigenvalue weighted by Crippen LogP contribution is -2.30. The second kappa shape index (κ2) is 10.5. The zero-order chi connectivity index (χ0) is 22.2. The molecule has 3 aromatic rings. The minimum Gasteiger partial charge on any atom is -0.339 e. The van der Waals surface area contributed by atoms with Crippen LogP contribution in [-0.4, -0.2) is 29.8 Å². The van der Waals surface area contributed by atoms with Crippen molar-refractivity contribution in [1.82, 2.24) is 4.90 Å². The van der Waals surface area contributed by atoms with Crippen LogP contribution in [0.25, 0.3) is 0 Å². The number of amides is 2. The van der Waals surface area contributed by atoms with Gasteiger partial charge in [-0.3, -0.25) is 9.59 Å². The third kappa shape index (κ3) is 5.33. The summed E-state index contributed by atoms with van der Waals surface area (Å²) in [7, 11) is 0. The smallest absolute Gasteiger partial charge is 0.256 e. The monoisotopic (exact) mass is 429 g/mol. The van der Waals surface area contributed by atoms with Crippen molar-refractivity contribution in [3.8, 4) is 6.07 Å². The number of nitriles is 1. The van der Waals surface area contributed by atoms with Crippen LogP contribution >= 0.6 is 11.8 Å². The molecule has 0 aliphatic rings. The number of nitrogens with one attached hydrogen (secondary N) is 1. The molecule has 0 aliphatic heterocycles. The molecule has 0 bridgehead atoms. The Morgan fingerprint density at radius 2 is 1.61 bits per heavy atom. The van der Waals surface area contributed by atoms with Crippen LogP contribution in [0.5, 0.6) is 0 Å². The molecule has 0 saturated heterocycles. The van der Waals surface area contributed by atoms with Gasteiger partial charge in [0, 0.05) is 34.1 Å². The second-order valence-electron chi connectivity index (χ2n) is 6.72. The van der Waals surface area contributed by atoms with Crippen molar-refractivity contribution in [2.45, 2.75) is 23.6 Å². The first kappa shape index (κ1) is 22.1. The number of hydrogen-bond donors (Lipinski definition) is 1. The van der Waals surface area contributed by atoms with Gasteiger partial charge in [-0.05, 0) is 56.3 Å². The standard InChI is InChI=1S/C25H23N3O2S/c1-3-28(4-2)25(30)18-11-9-12-20(16-18)27-24(29)21-13-6-8-15-23(21)31-22-14-7-5-10-19(22)17-26/h5-16H,3-4H2,1-2H3,(H,27,29). The van der Waals surface area contributed by atoms with Crippen LogP contribution in [0, 0.1) is 11.3 Å². The second-order valence-corrected chi connectivity index (χ2v) is 7.80. The van der Waals surface area contributed by atoms with Gasteiger partial charge in [-0.1, -0.05) is 42.1 Å². The number of carbonyl (C=O) groups is 2. The minimum absolute atomic E-state index is 0.0647. The highest BCUT2D eigenvalue weighted by Gasteiger charge is 2.16. The van der Waals surface area contributed by atoms with Gasteiger partial charge in [0.2, 0.25) is 0 Å². The van der Waals surface area contributed by atoms with Gasteiger partial charge in [0.1, 0.15) is 6.07 Å². The highest BCUT2D eigenvalue weighted by atomic mass is 32.2. The van der Waals surface area contributed by atoms with Crippen LogP contribution in [0.3, 0.4) is 0 Å². The summed E-state index contributed by atoms with van der Waals surface area (Å²) in [6.07, 6.45) is 0. The SMILES string of the molecule is CCN(CC)C(=O)c1cccc(NC(=O)c2ccccc2Sc2ccccc2C#N)c1. The quantitative estimate of drug-likeness (QED) is 0.542. The van der Waals surface area contributed by atoms with E-state index in [1.165, 1.54) is 11.8 Å². The summed E-state index contributed by atoms with van der Waals surface area (Å²) in [5.41, 5.74) is 2.15. The van der Waals surface area contributed by atoms with E-state index in [1.54, 1.807) is 47.4 Å². The largest absolute Gasteiger partial charge is 0.339 e. The predicted octanol–water partition coefficient (Wildman–Crippen LogP) is 5.44. The molecule has 0 fully saturated rings.